The van der Waals surface area contributed by atoms with Crippen LogP contribution >= 0.6 is 22.6 Å². The van der Waals surface area contributed by atoms with E-state index in [0.717, 1.165) is 7.11 Å². The summed E-state index contributed by atoms with van der Waals surface area (Å²) < 4.78 is 91.9. The van der Waals surface area contributed by atoms with Crippen molar-refractivity contribution >= 4 is 28.6 Å². The van der Waals surface area contributed by atoms with Gasteiger partial charge in [-0.25, -0.2) is 0 Å². The van der Waals surface area contributed by atoms with E-state index in [4.69, 9.17) is 0 Å². The van der Waals surface area contributed by atoms with Gasteiger partial charge in [0.15, 0.2) is 6.29 Å². The zero-order chi connectivity index (χ0) is 19.3. The summed E-state index contributed by atoms with van der Waals surface area (Å²) in [5.74, 6) is -1.99. The van der Waals surface area contributed by atoms with E-state index in [1.807, 2.05) is 0 Å². The SMILES string of the molecule is CCC(I)C(=O)OCC(OC(OC)C(C)C)(C(F)(F)F)C(F)(F)F. The largest absolute Gasteiger partial charge is 0.461 e. The minimum atomic E-state index is -5.87. The van der Waals surface area contributed by atoms with E-state index in [0.29, 0.717) is 0 Å². The van der Waals surface area contributed by atoms with E-state index in [2.05, 4.69) is 14.2 Å². The van der Waals surface area contributed by atoms with Gasteiger partial charge in [0.2, 0.25) is 0 Å². The van der Waals surface area contributed by atoms with E-state index >= 15 is 0 Å². The predicted octanol–water partition coefficient (Wildman–Crippen LogP) is 4.25. The molecule has 0 aliphatic carbocycles. The fraction of sp³-hybridized carbons (Fsp3) is 0.923. The van der Waals surface area contributed by atoms with Crippen LogP contribution in [0.15, 0.2) is 0 Å². The van der Waals surface area contributed by atoms with Crippen LogP contribution in [0.5, 0.6) is 0 Å². The van der Waals surface area contributed by atoms with Crippen molar-refractivity contribution in [1.82, 2.24) is 0 Å². The Morgan fingerprint density at radius 3 is 1.83 bits per heavy atom. The number of esters is 1. The van der Waals surface area contributed by atoms with E-state index < -0.39 is 46.7 Å². The molecule has 0 saturated heterocycles. The molecule has 0 bridgehead atoms. The lowest BCUT2D eigenvalue weighted by molar-refractivity contribution is -0.417. The first-order valence-corrected chi connectivity index (χ1v) is 8.12. The highest BCUT2D eigenvalue weighted by Gasteiger charge is 2.74. The van der Waals surface area contributed by atoms with E-state index in [1.165, 1.54) is 20.8 Å². The van der Waals surface area contributed by atoms with Gasteiger partial charge in [-0.05, 0) is 6.42 Å². The van der Waals surface area contributed by atoms with Gasteiger partial charge in [-0.3, -0.25) is 4.79 Å². The summed E-state index contributed by atoms with van der Waals surface area (Å²) in [5.41, 5.74) is -4.68. The number of rotatable bonds is 8. The van der Waals surface area contributed by atoms with Gasteiger partial charge in [0.1, 0.15) is 10.5 Å². The second-order valence-electron chi connectivity index (χ2n) is 5.27. The third-order valence-corrected chi connectivity index (χ3v) is 4.43. The Labute approximate surface area is 149 Å². The molecule has 0 rings (SSSR count). The second kappa shape index (κ2) is 8.88. The van der Waals surface area contributed by atoms with Gasteiger partial charge in [-0.15, -0.1) is 0 Å². The summed E-state index contributed by atoms with van der Waals surface area (Å²) in [5, 5.41) is 0. The van der Waals surface area contributed by atoms with Crippen LogP contribution in [0.2, 0.25) is 0 Å². The Morgan fingerprint density at radius 1 is 1.08 bits per heavy atom. The molecule has 0 saturated carbocycles. The Bertz CT molecular complexity index is 396. The van der Waals surface area contributed by atoms with Crippen molar-refractivity contribution in [2.75, 3.05) is 13.7 Å². The van der Waals surface area contributed by atoms with Gasteiger partial charge in [-0.2, -0.15) is 26.3 Å². The topological polar surface area (TPSA) is 44.8 Å². The van der Waals surface area contributed by atoms with E-state index in [1.54, 1.807) is 22.6 Å². The quantitative estimate of drug-likeness (QED) is 0.171. The zero-order valence-electron chi connectivity index (χ0n) is 13.4. The third kappa shape index (κ3) is 5.61. The highest BCUT2D eigenvalue weighted by atomic mass is 127. The third-order valence-electron chi connectivity index (χ3n) is 3.04. The normalized spacial score (nSPS) is 16.2. The monoisotopic (exact) mass is 480 g/mol. The first-order chi connectivity index (χ1) is 10.7. The molecule has 0 fully saturated rings. The van der Waals surface area contributed by atoms with Crippen LogP contribution in [0, 0.1) is 5.92 Å². The average Bonchev–Trinajstić information content (AvgIpc) is 2.43. The first-order valence-electron chi connectivity index (χ1n) is 6.88. The molecule has 0 aliphatic rings. The van der Waals surface area contributed by atoms with Crippen molar-refractivity contribution in [3.05, 3.63) is 0 Å². The second-order valence-corrected chi connectivity index (χ2v) is 6.78. The molecular weight excluding hydrogens is 461 g/mol. The molecule has 4 nitrogen and oxygen atoms in total. The molecule has 144 valence electrons. The highest BCUT2D eigenvalue weighted by Crippen LogP contribution is 2.47. The smallest absolute Gasteiger partial charge is 0.430 e. The van der Waals surface area contributed by atoms with Crippen LogP contribution in [-0.4, -0.2) is 47.9 Å². The highest BCUT2D eigenvalue weighted by molar-refractivity contribution is 14.1. The zero-order valence-corrected chi connectivity index (χ0v) is 15.6. The molecule has 0 heterocycles. The maximum absolute atomic E-state index is 13.3. The number of ether oxygens (including phenoxy) is 3. The van der Waals surface area contributed by atoms with Crippen LogP contribution in [-0.2, 0) is 19.0 Å². The van der Waals surface area contributed by atoms with Gasteiger partial charge >= 0.3 is 18.3 Å². The van der Waals surface area contributed by atoms with Crippen molar-refractivity contribution in [2.45, 2.75) is 55.4 Å². The molecule has 24 heavy (non-hydrogen) atoms. The molecule has 0 radical (unpaired) electrons. The number of alkyl halides is 7. The maximum atomic E-state index is 13.3. The van der Waals surface area contributed by atoms with Crippen molar-refractivity contribution < 1.29 is 45.3 Å². The molecule has 2 atom stereocenters. The van der Waals surface area contributed by atoms with Crippen LogP contribution in [0.25, 0.3) is 0 Å². The van der Waals surface area contributed by atoms with E-state index in [-0.39, 0.29) is 6.42 Å². The standard InChI is InChI=1S/C13H19F6IO4/c1-5-8(20)9(21)23-6-11(12(14,15)16,13(17,18)19)24-10(22-4)7(2)3/h7-8,10H,5-6H2,1-4H3. The van der Waals surface area contributed by atoms with Crippen LogP contribution in [0.4, 0.5) is 26.3 Å². The summed E-state index contributed by atoms with van der Waals surface area (Å²) in [4.78, 5) is 11.5. The Balaban J connectivity index is 5.75. The van der Waals surface area contributed by atoms with Crippen molar-refractivity contribution in [3.8, 4) is 0 Å². The Hall–Kier alpha value is -0.300. The Kier molecular flexibility index (Phi) is 8.77. The maximum Gasteiger partial charge on any atom is 0.430 e. The van der Waals surface area contributed by atoms with Crippen LogP contribution < -0.4 is 0 Å². The first kappa shape index (κ1) is 23.7. The molecule has 0 aliphatic heterocycles. The van der Waals surface area contributed by atoms with Crippen LogP contribution in [0.3, 0.4) is 0 Å². The number of carbonyl (C=O) groups excluding carboxylic acids is 1. The number of hydrogen-bond acceptors (Lipinski definition) is 4. The molecule has 0 spiro atoms. The lowest BCUT2D eigenvalue weighted by atomic mass is 10.0. The van der Waals surface area contributed by atoms with Crippen molar-refractivity contribution in [1.29, 1.82) is 0 Å². The van der Waals surface area contributed by atoms with Gasteiger partial charge in [0.05, 0.1) is 0 Å². The number of hydrogen-bond donors (Lipinski definition) is 0. The summed E-state index contributed by atoms with van der Waals surface area (Å²) >= 11 is 1.57. The fourth-order valence-electron chi connectivity index (χ4n) is 1.58. The average molecular weight is 480 g/mol. The molecule has 2 unspecified atom stereocenters. The summed E-state index contributed by atoms with van der Waals surface area (Å²) in [7, 11) is 0.923. The predicted molar refractivity (Wildman–Crippen MR) is 80.6 cm³/mol. The van der Waals surface area contributed by atoms with Gasteiger partial charge in [-0.1, -0.05) is 43.4 Å². The van der Waals surface area contributed by atoms with Crippen molar-refractivity contribution in [2.24, 2.45) is 5.92 Å². The molecule has 11 heteroatoms. The van der Waals surface area contributed by atoms with Gasteiger partial charge in [0.25, 0.3) is 5.60 Å². The van der Waals surface area contributed by atoms with Gasteiger partial charge in [0, 0.05) is 13.0 Å². The molecule has 0 N–H and O–H groups in total. The number of carbonyl (C=O) groups is 1. The van der Waals surface area contributed by atoms with Crippen molar-refractivity contribution in [3.63, 3.8) is 0 Å². The van der Waals surface area contributed by atoms with E-state index in [9.17, 15) is 31.1 Å². The molecule has 0 aromatic heterocycles. The number of methoxy groups -OCH3 is 1. The molecular formula is C13H19F6IO4. The lowest BCUT2D eigenvalue weighted by Gasteiger charge is -2.39. The summed E-state index contributed by atoms with van der Waals surface area (Å²) in [6.45, 7) is 2.16. The molecule has 0 aromatic rings. The minimum absolute atomic E-state index is 0.192. The Morgan fingerprint density at radius 2 is 1.54 bits per heavy atom. The fourth-order valence-corrected chi connectivity index (χ4v) is 1.76. The molecule has 0 aromatic carbocycles. The minimum Gasteiger partial charge on any atom is -0.461 e. The van der Waals surface area contributed by atoms with Crippen LogP contribution in [0.1, 0.15) is 27.2 Å². The summed E-state index contributed by atoms with van der Waals surface area (Å²) in [6, 6.07) is 0. The summed E-state index contributed by atoms with van der Waals surface area (Å²) in [6.07, 6.45) is -13.3. The van der Waals surface area contributed by atoms with Gasteiger partial charge < -0.3 is 14.2 Å². The number of halogens is 7. The molecule has 0 amide bonds. The lowest BCUT2D eigenvalue weighted by Crippen LogP contribution is -2.64.